The van der Waals surface area contributed by atoms with E-state index in [1.807, 2.05) is 24.3 Å². The van der Waals surface area contributed by atoms with Gasteiger partial charge in [0.1, 0.15) is 6.61 Å². The van der Waals surface area contributed by atoms with Crippen LogP contribution in [-0.4, -0.2) is 16.8 Å². The third kappa shape index (κ3) is 3.23. The van der Waals surface area contributed by atoms with E-state index in [0.717, 1.165) is 11.5 Å². The van der Waals surface area contributed by atoms with Crippen LogP contribution in [0, 0.1) is 6.92 Å². The van der Waals surface area contributed by atoms with Gasteiger partial charge in [0.2, 0.25) is 6.10 Å². The number of rotatable bonds is 4. The molecule has 2 heterocycles. The summed E-state index contributed by atoms with van der Waals surface area (Å²) in [5, 5.41) is 8.72. The minimum Gasteiger partial charge on any atom is -0.485 e. The Hall–Kier alpha value is -2.47. The molecule has 0 saturated heterocycles. The average molecular weight is 340 g/mol. The average Bonchev–Trinajstić information content (AvgIpc) is 3.10. The molecule has 24 heavy (non-hydrogen) atoms. The Bertz CT molecular complexity index is 832. The van der Waals surface area contributed by atoms with E-state index in [1.54, 1.807) is 0 Å². The molecule has 5 nitrogen and oxygen atoms in total. The molecule has 122 valence electrons. The summed E-state index contributed by atoms with van der Waals surface area (Å²) in [6, 6.07) is 16.0. The van der Waals surface area contributed by atoms with E-state index in [0.29, 0.717) is 23.5 Å². The number of aryl methyl sites for hydroxylation is 1. The molecule has 2 aromatic carbocycles. The van der Waals surface area contributed by atoms with Crippen molar-refractivity contribution in [3.05, 3.63) is 65.5 Å². The number of nitrogens with zero attached hydrogens (tertiary/aromatic N) is 2. The van der Waals surface area contributed by atoms with E-state index in [2.05, 4.69) is 41.4 Å². The van der Waals surface area contributed by atoms with Gasteiger partial charge < -0.3 is 13.9 Å². The van der Waals surface area contributed by atoms with E-state index in [-0.39, 0.29) is 6.10 Å². The third-order valence-corrected chi connectivity index (χ3v) is 4.58. The minimum atomic E-state index is -0.374. The molecule has 0 saturated carbocycles. The summed E-state index contributed by atoms with van der Waals surface area (Å²) in [7, 11) is 0. The molecule has 0 bridgehead atoms. The lowest BCUT2D eigenvalue weighted by Crippen LogP contribution is -2.21. The van der Waals surface area contributed by atoms with Crippen molar-refractivity contribution in [1.82, 2.24) is 10.2 Å². The van der Waals surface area contributed by atoms with Crippen LogP contribution in [0.1, 0.15) is 23.1 Å². The van der Waals surface area contributed by atoms with Gasteiger partial charge in [-0.3, -0.25) is 0 Å². The molecule has 3 aromatic rings. The van der Waals surface area contributed by atoms with E-state index >= 15 is 0 Å². The molecule has 0 spiro atoms. The Morgan fingerprint density at radius 2 is 1.83 bits per heavy atom. The van der Waals surface area contributed by atoms with Crippen LogP contribution >= 0.6 is 11.8 Å². The van der Waals surface area contributed by atoms with Crippen LogP contribution in [0.2, 0.25) is 0 Å². The number of benzene rings is 2. The van der Waals surface area contributed by atoms with Crippen LogP contribution < -0.4 is 9.47 Å². The Morgan fingerprint density at radius 3 is 2.67 bits per heavy atom. The van der Waals surface area contributed by atoms with Crippen LogP contribution in [0.4, 0.5) is 0 Å². The van der Waals surface area contributed by atoms with Gasteiger partial charge in [0.05, 0.1) is 0 Å². The van der Waals surface area contributed by atoms with Crippen molar-refractivity contribution >= 4 is 11.8 Å². The lowest BCUT2D eigenvalue weighted by atomic mass is 10.2. The van der Waals surface area contributed by atoms with E-state index < -0.39 is 0 Å². The summed E-state index contributed by atoms with van der Waals surface area (Å²) in [6.07, 6.45) is -0.374. The quantitative estimate of drug-likeness (QED) is 0.664. The molecule has 4 rings (SSSR count). The van der Waals surface area contributed by atoms with Gasteiger partial charge in [-0.15, -0.1) is 10.2 Å². The van der Waals surface area contributed by atoms with Crippen molar-refractivity contribution in [3.8, 4) is 11.5 Å². The van der Waals surface area contributed by atoms with Crippen LogP contribution in [0.5, 0.6) is 11.5 Å². The number of hydrogen-bond acceptors (Lipinski definition) is 6. The maximum Gasteiger partial charge on any atom is 0.277 e. The fourth-order valence-corrected chi connectivity index (χ4v) is 3.10. The molecule has 0 fully saturated rings. The lowest BCUT2D eigenvalue weighted by Gasteiger charge is -2.23. The molecule has 1 aromatic heterocycles. The highest BCUT2D eigenvalue weighted by molar-refractivity contribution is 7.98. The first-order valence-corrected chi connectivity index (χ1v) is 8.67. The molecule has 1 atom stereocenters. The van der Waals surface area contributed by atoms with Crippen molar-refractivity contribution in [1.29, 1.82) is 0 Å². The zero-order valence-electron chi connectivity index (χ0n) is 13.1. The molecule has 1 aliphatic heterocycles. The SMILES string of the molecule is Cc1ccc(CSc2nnc([C@H]3COc4ccccc4O3)o2)cc1. The highest BCUT2D eigenvalue weighted by Gasteiger charge is 2.27. The Balaban J connectivity index is 1.41. The predicted molar refractivity (Wildman–Crippen MR) is 90.3 cm³/mol. The zero-order chi connectivity index (χ0) is 16.4. The molecule has 0 aliphatic carbocycles. The second-order valence-corrected chi connectivity index (χ2v) is 6.47. The molecular formula is C18H16N2O3S. The number of fused-ring (bicyclic) bond motifs is 1. The first-order chi connectivity index (χ1) is 11.8. The lowest BCUT2D eigenvalue weighted by molar-refractivity contribution is 0.0686. The summed E-state index contributed by atoms with van der Waals surface area (Å²) >= 11 is 1.51. The number of hydrogen-bond donors (Lipinski definition) is 0. The molecule has 0 radical (unpaired) electrons. The number of ether oxygens (including phenoxy) is 2. The minimum absolute atomic E-state index is 0.362. The van der Waals surface area contributed by atoms with E-state index in [4.69, 9.17) is 13.9 Å². The van der Waals surface area contributed by atoms with Crippen molar-refractivity contribution in [3.63, 3.8) is 0 Å². The third-order valence-electron chi connectivity index (χ3n) is 3.69. The van der Waals surface area contributed by atoms with Gasteiger partial charge in [-0.05, 0) is 24.6 Å². The van der Waals surface area contributed by atoms with Gasteiger partial charge in [-0.2, -0.15) is 0 Å². The van der Waals surface area contributed by atoms with Gasteiger partial charge >= 0.3 is 0 Å². The monoisotopic (exact) mass is 340 g/mol. The fraction of sp³-hybridized carbons (Fsp3) is 0.222. The molecule has 0 amide bonds. The van der Waals surface area contributed by atoms with Crippen LogP contribution in [0.15, 0.2) is 58.2 Å². The van der Waals surface area contributed by atoms with Crippen molar-refractivity contribution in [2.45, 2.75) is 24.0 Å². The Kier molecular flexibility index (Phi) is 4.13. The number of thioether (sulfide) groups is 1. The van der Waals surface area contributed by atoms with Crippen LogP contribution in [0.3, 0.4) is 0 Å². The maximum atomic E-state index is 5.88. The maximum absolute atomic E-state index is 5.88. The van der Waals surface area contributed by atoms with Crippen LogP contribution in [0.25, 0.3) is 0 Å². The number of para-hydroxylation sites is 2. The fourth-order valence-electron chi connectivity index (χ4n) is 2.38. The van der Waals surface area contributed by atoms with Crippen LogP contribution in [-0.2, 0) is 5.75 Å². The van der Waals surface area contributed by atoms with Crippen molar-refractivity contribution < 1.29 is 13.9 Å². The topological polar surface area (TPSA) is 57.4 Å². The zero-order valence-corrected chi connectivity index (χ0v) is 14.0. The van der Waals surface area contributed by atoms with Crippen molar-refractivity contribution in [2.24, 2.45) is 0 Å². The molecule has 0 unspecified atom stereocenters. The highest BCUT2D eigenvalue weighted by atomic mass is 32.2. The van der Waals surface area contributed by atoms with Crippen molar-refractivity contribution in [2.75, 3.05) is 6.61 Å². The highest BCUT2D eigenvalue weighted by Crippen LogP contribution is 2.36. The Labute approximate surface area is 144 Å². The molecule has 6 heteroatoms. The van der Waals surface area contributed by atoms with Gasteiger partial charge in [0.25, 0.3) is 11.1 Å². The smallest absolute Gasteiger partial charge is 0.277 e. The summed E-state index contributed by atoms with van der Waals surface area (Å²) in [6.45, 7) is 2.44. The van der Waals surface area contributed by atoms with Gasteiger partial charge in [0.15, 0.2) is 11.5 Å². The number of aromatic nitrogens is 2. The van der Waals surface area contributed by atoms with E-state index in [1.165, 1.54) is 22.9 Å². The summed E-state index contributed by atoms with van der Waals surface area (Å²) < 4.78 is 17.3. The molecule has 0 N–H and O–H groups in total. The van der Waals surface area contributed by atoms with Gasteiger partial charge in [0, 0.05) is 5.75 Å². The first kappa shape index (κ1) is 15.1. The second-order valence-electron chi connectivity index (χ2n) is 5.54. The summed E-state index contributed by atoms with van der Waals surface area (Å²) in [5.41, 5.74) is 2.47. The van der Waals surface area contributed by atoms with E-state index in [9.17, 15) is 0 Å². The molecular weight excluding hydrogens is 324 g/mol. The first-order valence-electron chi connectivity index (χ1n) is 7.68. The largest absolute Gasteiger partial charge is 0.485 e. The summed E-state index contributed by atoms with van der Waals surface area (Å²) in [5.74, 6) is 2.66. The molecule has 1 aliphatic rings. The second kappa shape index (κ2) is 6.57. The normalized spacial score (nSPS) is 16.1. The van der Waals surface area contributed by atoms with Gasteiger partial charge in [-0.25, -0.2) is 0 Å². The Morgan fingerprint density at radius 1 is 1.04 bits per heavy atom. The van der Waals surface area contributed by atoms with Gasteiger partial charge in [-0.1, -0.05) is 53.7 Å². The standard InChI is InChI=1S/C18H16N2O3S/c1-12-6-8-13(9-7-12)11-24-18-20-19-17(23-18)16-10-21-14-4-2-3-5-15(14)22-16/h2-9,16H,10-11H2,1H3/t16-/m1/s1. The predicted octanol–water partition coefficient (Wildman–Crippen LogP) is 4.18. The summed E-state index contributed by atoms with van der Waals surface area (Å²) in [4.78, 5) is 0.